The molecule has 0 spiro atoms. The lowest BCUT2D eigenvalue weighted by molar-refractivity contribution is -0.123. The summed E-state index contributed by atoms with van der Waals surface area (Å²) in [6.07, 6.45) is 0.855. The normalized spacial score (nSPS) is 13.8. The van der Waals surface area contributed by atoms with Crippen molar-refractivity contribution in [1.82, 2.24) is 5.32 Å². The highest BCUT2D eigenvalue weighted by molar-refractivity contribution is 5.81. The van der Waals surface area contributed by atoms with Crippen LogP contribution in [-0.2, 0) is 4.79 Å². The summed E-state index contributed by atoms with van der Waals surface area (Å²) in [5.41, 5.74) is 6.44. The van der Waals surface area contributed by atoms with Crippen molar-refractivity contribution in [3.63, 3.8) is 0 Å². The molecule has 2 unspecified atom stereocenters. The smallest absolute Gasteiger partial charge is 0.237 e. The van der Waals surface area contributed by atoms with Gasteiger partial charge in [-0.25, -0.2) is 0 Å². The van der Waals surface area contributed by atoms with Crippen LogP contribution >= 0.6 is 0 Å². The number of amides is 1. The fourth-order valence-electron chi connectivity index (χ4n) is 1.93. The molecule has 0 saturated carbocycles. The maximum absolute atomic E-state index is 11.7. The SMILES string of the molecule is CCCC(N)C(=O)NCC(O)c1ccc(OC(C)C)cc1. The molecule has 0 saturated heterocycles. The molecule has 4 N–H and O–H groups in total. The first-order valence-electron chi connectivity index (χ1n) is 7.42. The van der Waals surface area contributed by atoms with Crippen molar-refractivity contribution in [1.29, 1.82) is 0 Å². The van der Waals surface area contributed by atoms with E-state index in [4.69, 9.17) is 10.5 Å². The van der Waals surface area contributed by atoms with E-state index in [0.29, 0.717) is 6.42 Å². The zero-order chi connectivity index (χ0) is 15.8. The van der Waals surface area contributed by atoms with Gasteiger partial charge >= 0.3 is 0 Å². The van der Waals surface area contributed by atoms with Gasteiger partial charge in [-0.15, -0.1) is 0 Å². The second-order valence-corrected chi connectivity index (χ2v) is 5.39. The third-order valence-electron chi connectivity index (χ3n) is 3.04. The minimum absolute atomic E-state index is 0.111. The minimum Gasteiger partial charge on any atom is -0.491 e. The number of ether oxygens (including phenoxy) is 1. The van der Waals surface area contributed by atoms with Gasteiger partial charge in [-0.05, 0) is 38.0 Å². The van der Waals surface area contributed by atoms with Crippen LogP contribution in [0.5, 0.6) is 5.75 Å². The third-order valence-corrected chi connectivity index (χ3v) is 3.04. The standard InChI is InChI=1S/C16H26N2O3/c1-4-5-14(17)16(20)18-10-15(19)12-6-8-13(9-7-12)21-11(2)3/h6-9,11,14-15,19H,4-5,10,17H2,1-3H3,(H,18,20). The van der Waals surface area contributed by atoms with Crippen molar-refractivity contribution in [2.24, 2.45) is 5.73 Å². The van der Waals surface area contributed by atoms with Crippen molar-refractivity contribution < 1.29 is 14.6 Å². The second-order valence-electron chi connectivity index (χ2n) is 5.39. The van der Waals surface area contributed by atoms with E-state index in [0.717, 1.165) is 17.7 Å². The quantitative estimate of drug-likeness (QED) is 0.682. The van der Waals surface area contributed by atoms with Gasteiger partial charge in [0.05, 0.1) is 18.2 Å². The summed E-state index contributed by atoms with van der Waals surface area (Å²) in [6, 6.07) is 6.69. The Morgan fingerprint density at radius 2 is 1.95 bits per heavy atom. The van der Waals surface area contributed by atoms with Crippen LogP contribution in [0.25, 0.3) is 0 Å². The largest absolute Gasteiger partial charge is 0.491 e. The molecule has 1 aromatic rings. The van der Waals surface area contributed by atoms with Crippen molar-refractivity contribution in [2.45, 2.75) is 51.9 Å². The van der Waals surface area contributed by atoms with Gasteiger partial charge in [0.15, 0.2) is 0 Å². The molecule has 0 bridgehead atoms. The highest BCUT2D eigenvalue weighted by atomic mass is 16.5. The Balaban J connectivity index is 2.48. The molecule has 1 rings (SSSR count). The average Bonchev–Trinajstić information content (AvgIpc) is 2.44. The van der Waals surface area contributed by atoms with Gasteiger partial charge in [0.2, 0.25) is 5.91 Å². The Morgan fingerprint density at radius 1 is 1.33 bits per heavy atom. The van der Waals surface area contributed by atoms with Crippen LogP contribution < -0.4 is 15.8 Å². The average molecular weight is 294 g/mol. The van der Waals surface area contributed by atoms with Crippen LogP contribution in [0.1, 0.15) is 45.3 Å². The van der Waals surface area contributed by atoms with Gasteiger partial charge in [-0.2, -0.15) is 0 Å². The molecular weight excluding hydrogens is 268 g/mol. The van der Waals surface area contributed by atoms with Gasteiger partial charge in [0.1, 0.15) is 5.75 Å². The number of carbonyl (C=O) groups excluding carboxylic acids is 1. The second kappa shape index (κ2) is 8.64. The molecule has 1 amide bonds. The molecule has 0 aliphatic carbocycles. The summed E-state index contributed by atoms with van der Waals surface area (Å²) < 4.78 is 5.54. The van der Waals surface area contributed by atoms with Gasteiger partial charge in [0, 0.05) is 6.54 Å². The van der Waals surface area contributed by atoms with Crippen LogP contribution in [0.3, 0.4) is 0 Å². The van der Waals surface area contributed by atoms with E-state index in [-0.39, 0.29) is 18.6 Å². The molecule has 0 fully saturated rings. The number of benzene rings is 1. The van der Waals surface area contributed by atoms with Crippen molar-refractivity contribution in [2.75, 3.05) is 6.54 Å². The molecule has 0 aromatic heterocycles. The molecule has 0 aliphatic rings. The number of aliphatic hydroxyl groups is 1. The maximum Gasteiger partial charge on any atom is 0.237 e. The van der Waals surface area contributed by atoms with Crippen LogP contribution in [0.15, 0.2) is 24.3 Å². The lowest BCUT2D eigenvalue weighted by Crippen LogP contribution is -2.41. The topological polar surface area (TPSA) is 84.6 Å². The van der Waals surface area contributed by atoms with Crippen LogP contribution in [0.2, 0.25) is 0 Å². The van der Waals surface area contributed by atoms with Gasteiger partial charge in [-0.1, -0.05) is 25.5 Å². The first kappa shape index (κ1) is 17.5. The molecule has 1 aromatic carbocycles. The number of hydrogen-bond acceptors (Lipinski definition) is 4. The van der Waals surface area contributed by atoms with Crippen LogP contribution in [0.4, 0.5) is 0 Å². The lowest BCUT2D eigenvalue weighted by atomic mass is 10.1. The van der Waals surface area contributed by atoms with Gasteiger partial charge in [-0.3, -0.25) is 4.79 Å². The van der Waals surface area contributed by atoms with Crippen LogP contribution in [0, 0.1) is 0 Å². The maximum atomic E-state index is 11.7. The molecule has 0 heterocycles. The first-order valence-corrected chi connectivity index (χ1v) is 7.42. The molecule has 5 nitrogen and oxygen atoms in total. The van der Waals surface area contributed by atoms with Gasteiger partial charge < -0.3 is 20.9 Å². The zero-order valence-corrected chi connectivity index (χ0v) is 13.0. The highest BCUT2D eigenvalue weighted by Gasteiger charge is 2.14. The Hall–Kier alpha value is -1.59. The fourth-order valence-corrected chi connectivity index (χ4v) is 1.93. The van der Waals surface area contributed by atoms with Crippen molar-refractivity contribution in [3.05, 3.63) is 29.8 Å². The fraction of sp³-hybridized carbons (Fsp3) is 0.562. The Bertz CT molecular complexity index is 432. The summed E-state index contributed by atoms with van der Waals surface area (Å²) in [7, 11) is 0. The van der Waals surface area contributed by atoms with E-state index in [1.807, 2.05) is 32.9 Å². The van der Waals surface area contributed by atoms with Crippen LogP contribution in [-0.4, -0.2) is 29.7 Å². The van der Waals surface area contributed by atoms with E-state index in [2.05, 4.69) is 5.32 Å². The molecular formula is C16H26N2O3. The molecule has 0 aliphatic heterocycles. The number of hydrogen-bond donors (Lipinski definition) is 3. The summed E-state index contributed by atoms with van der Waals surface area (Å²) in [4.78, 5) is 11.7. The van der Waals surface area contributed by atoms with Crippen molar-refractivity contribution in [3.8, 4) is 5.75 Å². The number of rotatable bonds is 8. The van der Waals surface area contributed by atoms with Gasteiger partial charge in [0.25, 0.3) is 0 Å². The molecule has 21 heavy (non-hydrogen) atoms. The van der Waals surface area contributed by atoms with E-state index < -0.39 is 12.1 Å². The number of aliphatic hydroxyl groups excluding tert-OH is 1. The van der Waals surface area contributed by atoms with Crippen molar-refractivity contribution >= 4 is 5.91 Å². The number of carbonyl (C=O) groups is 1. The van der Waals surface area contributed by atoms with E-state index in [1.165, 1.54) is 0 Å². The number of nitrogens with one attached hydrogen (secondary N) is 1. The minimum atomic E-state index is -0.754. The lowest BCUT2D eigenvalue weighted by Gasteiger charge is -2.16. The zero-order valence-electron chi connectivity index (χ0n) is 13.0. The Morgan fingerprint density at radius 3 is 2.48 bits per heavy atom. The number of nitrogens with two attached hydrogens (primary N) is 1. The summed E-state index contributed by atoms with van der Waals surface area (Å²) in [6.45, 7) is 6.04. The van der Waals surface area contributed by atoms with E-state index >= 15 is 0 Å². The van der Waals surface area contributed by atoms with E-state index in [1.54, 1.807) is 12.1 Å². The third kappa shape index (κ3) is 6.14. The summed E-state index contributed by atoms with van der Waals surface area (Å²) >= 11 is 0. The molecule has 118 valence electrons. The Labute approximate surface area is 126 Å². The molecule has 0 radical (unpaired) electrons. The monoisotopic (exact) mass is 294 g/mol. The molecule has 5 heteroatoms. The predicted octanol–water partition coefficient (Wildman–Crippen LogP) is 1.75. The Kier molecular flexibility index (Phi) is 7.19. The summed E-state index contributed by atoms with van der Waals surface area (Å²) in [5, 5.41) is 12.7. The molecule has 2 atom stereocenters. The highest BCUT2D eigenvalue weighted by Crippen LogP contribution is 2.18. The van der Waals surface area contributed by atoms with E-state index in [9.17, 15) is 9.90 Å². The predicted molar refractivity (Wildman–Crippen MR) is 83.1 cm³/mol. The first-order chi connectivity index (χ1) is 9.93. The summed E-state index contributed by atoms with van der Waals surface area (Å²) in [5.74, 6) is 0.533.